The number of nitrogens with one attached hydrogen (secondary N) is 1. The van der Waals surface area contributed by atoms with Crippen LogP contribution in [0.1, 0.15) is 20.7 Å². The molecule has 2 aromatic rings. The van der Waals surface area contributed by atoms with E-state index in [4.69, 9.17) is 17.3 Å². The average Bonchev–Trinajstić information content (AvgIpc) is 2.95. The molecule has 3 N–H and O–H groups in total. The normalized spacial score (nSPS) is 11.5. The van der Waals surface area contributed by atoms with Gasteiger partial charge in [0.15, 0.2) is 0 Å². The van der Waals surface area contributed by atoms with Crippen molar-refractivity contribution < 1.29 is 18.0 Å². The Morgan fingerprint density at radius 2 is 1.88 bits per heavy atom. The summed E-state index contributed by atoms with van der Waals surface area (Å²) >= 11 is 7.12. The fourth-order valence-electron chi connectivity index (χ4n) is 1.82. The van der Waals surface area contributed by atoms with Crippen LogP contribution in [0.2, 0.25) is 5.02 Å². The van der Waals surface area contributed by atoms with Crippen molar-refractivity contribution >= 4 is 49.8 Å². The fraction of sp³-hybridized carbons (Fsp3) is 0.143. The molecule has 0 bridgehead atoms. The molecule has 7 nitrogen and oxygen atoms in total. The SMILES string of the molecule is CN(C)S(=O)(=O)c1ccc(Cl)c(C(=O)Nc2sccc2C(N)=O)c1. The number of hydrogen-bond acceptors (Lipinski definition) is 5. The van der Waals surface area contributed by atoms with Gasteiger partial charge in [-0.25, -0.2) is 12.7 Å². The predicted octanol–water partition coefficient (Wildman–Crippen LogP) is 2.00. The van der Waals surface area contributed by atoms with E-state index in [1.807, 2.05) is 0 Å². The molecule has 0 unspecified atom stereocenters. The standard InChI is InChI=1S/C14H14ClN3O4S2/c1-18(2)24(21,22)8-3-4-11(15)10(7-8)13(20)17-14-9(12(16)19)5-6-23-14/h3-7H,1-2H3,(H2,16,19)(H,17,20). The molecule has 2 amide bonds. The van der Waals surface area contributed by atoms with Crippen LogP contribution in [0.4, 0.5) is 5.00 Å². The van der Waals surface area contributed by atoms with Crippen LogP contribution in [0.5, 0.6) is 0 Å². The zero-order valence-corrected chi connectivity index (χ0v) is 15.1. The monoisotopic (exact) mass is 387 g/mol. The highest BCUT2D eigenvalue weighted by molar-refractivity contribution is 7.89. The van der Waals surface area contributed by atoms with E-state index in [0.29, 0.717) is 0 Å². The lowest BCUT2D eigenvalue weighted by molar-refractivity contribution is 0.100. The summed E-state index contributed by atoms with van der Waals surface area (Å²) in [4.78, 5) is 23.6. The van der Waals surface area contributed by atoms with Crippen LogP contribution in [0.3, 0.4) is 0 Å². The van der Waals surface area contributed by atoms with Gasteiger partial charge < -0.3 is 11.1 Å². The summed E-state index contributed by atoms with van der Waals surface area (Å²) in [6.07, 6.45) is 0. The predicted molar refractivity (Wildman–Crippen MR) is 93.1 cm³/mol. The number of carbonyl (C=O) groups excluding carboxylic acids is 2. The van der Waals surface area contributed by atoms with Crippen molar-refractivity contribution in [1.82, 2.24) is 4.31 Å². The Morgan fingerprint density at radius 1 is 1.21 bits per heavy atom. The number of halogens is 1. The van der Waals surface area contributed by atoms with Gasteiger partial charge in [0.2, 0.25) is 10.0 Å². The number of thiophene rings is 1. The fourth-order valence-corrected chi connectivity index (χ4v) is 3.74. The molecular formula is C14H14ClN3O4S2. The number of hydrogen-bond donors (Lipinski definition) is 2. The maximum absolute atomic E-state index is 12.4. The first kappa shape index (κ1) is 18.4. The molecule has 0 spiro atoms. The molecule has 0 saturated carbocycles. The highest BCUT2D eigenvalue weighted by Gasteiger charge is 2.22. The smallest absolute Gasteiger partial charge is 0.257 e. The Labute approximate surface area is 148 Å². The number of nitrogens with zero attached hydrogens (tertiary/aromatic N) is 1. The first-order valence-electron chi connectivity index (χ1n) is 6.55. The number of nitrogens with two attached hydrogens (primary N) is 1. The van der Waals surface area contributed by atoms with Gasteiger partial charge in [-0.1, -0.05) is 11.6 Å². The van der Waals surface area contributed by atoms with Crippen LogP contribution < -0.4 is 11.1 Å². The topological polar surface area (TPSA) is 110 Å². The van der Waals surface area contributed by atoms with Crippen LogP contribution in [-0.2, 0) is 10.0 Å². The van der Waals surface area contributed by atoms with Gasteiger partial charge in [-0.3, -0.25) is 9.59 Å². The van der Waals surface area contributed by atoms with Crippen molar-refractivity contribution in [3.8, 4) is 0 Å². The van der Waals surface area contributed by atoms with Crippen molar-refractivity contribution in [2.75, 3.05) is 19.4 Å². The number of rotatable bonds is 5. The molecule has 0 fully saturated rings. The number of carbonyl (C=O) groups is 2. The third-order valence-electron chi connectivity index (χ3n) is 3.12. The number of amides is 2. The number of anilines is 1. The van der Waals surface area contributed by atoms with E-state index in [2.05, 4.69) is 5.32 Å². The lowest BCUT2D eigenvalue weighted by Crippen LogP contribution is -2.23. The average molecular weight is 388 g/mol. The zero-order valence-electron chi connectivity index (χ0n) is 12.7. The number of sulfonamides is 1. The van der Waals surface area contributed by atoms with E-state index in [1.165, 1.54) is 38.4 Å². The first-order valence-corrected chi connectivity index (χ1v) is 9.25. The molecule has 0 atom stereocenters. The summed E-state index contributed by atoms with van der Waals surface area (Å²) in [5.74, 6) is -1.32. The van der Waals surface area contributed by atoms with E-state index < -0.39 is 21.8 Å². The van der Waals surface area contributed by atoms with E-state index in [1.54, 1.807) is 5.38 Å². The van der Waals surface area contributed by atoms with E-state index >= 15 is 0 Å². The van der Waals surface area contributed by atoms with Gasteiger partial charge in [-0.15, -0.1) is 11.3 Å². The van der Waals surface area contributed by atoms with Gasteiger partial charge in [-0.05, 0) is 29.6 Å². The molecule has 1 aromatic carbocycles. The summed E-state index contributed by atoms with van der Waals surface area (Å²) in [7, 11) is -0.943. The van der Waals surface area contributed by atoms with Crippen molar-refractivity contribution in [1.29, 1.82) is 0 Å². The van der Waals surface area contributed by atoms with E-state index in [9.17, 15) is 18.0 Å². The van der Waals surface area contributed by atoms with Crippen LogP contribution in [0, 0.1) is 0 Å². The molecule has 2 rings (SSSR count). The Morgan fingerprint density at radius 3 is 2.46 bits per heavy atom. The Balaban J connectivity index is 2.40. The number of primary amides is 1. The molecular weight excluding hydrogens is 374 g/mol. The summed E-state index contributed by atoms with van der Waals surface area (Å²) in [6.45, 7) is 0. The second-order valence-electron chi connectivity index (χ2n) is 4.91. The molecule has 0 aliphatic carbocycles. The molecule has 0 aliphatic heterocycles. The Kier molecular flexibility index (Phi) is 5.29. The van der Waals surface area contributed by atoms with Crippen molar-refractivity contribution in [3.63, 3.8) is 0 Å². The summed E-state index contributed by atoms with van der Waals surface area (Å²) in [6, 6.07) is 5.31. The lowest BCUT2D eigenvalue weighted by atomic mass is 10.2. The molecule has 0 saturated heterocycles. The molecule has 128 valence electrons. The van der Waals surface area contributed by atoms with Gasteiger partial charge in [0.05, 0.1) is 21.0 Å². The molecule has 1 aromatic heterocycles. The quantitative estimate of drug-likeness (QED) is 0.817. The number of benzene rings is 1. The van der Waals surface area contributed by atoms with Crippen LogP contribution in [0.25, 0.3) is 0 Å². The van der Waals surface area contributed by atoms with Gasteiger partial charge in [0.25, 0.3) is 11.8 Å². The third-order valence-corrected chi connectivity index (χ3v) is 6.09. The maximum Gasteiger partial charge on any atom is 0.257 e. The summed E-state index contributed by atoms with van der Waals surface area (Å²) in [5.41, 5.74) is 5.37. The highest BCUT2D eigenvalue weighted by Crippen LogP contribution is 2.26. The van der Waals surface area contributed by atoms with Crippen LogP contribution in [0.15, 0.2) is 34.5 Å². The third kappa shape index (κ3) is 3.59. The van der Waals surface area contributed by atoms with Crippen molar-refractivity contribution in [3.05, 3.63) is 45.8 Å². The maximum atomic E-state index is 12.4. The molecule has 0 aliphatic rings. The summed E-state index contributed by atoms with van der Waals surface area (Å²) in [5, 5.41) is 4.48. The molecule has 1 heterocycles. The highest BCUT2D eigenvalue weighted by atomic mass is 35.5. The minimum Gasteiger partial charge on any atom is -0.366 e. The second-order valence-corrected chi connectivity index (χ2v) is 8.39. The van der Waals surface area contributed by atoms with E-state index in [0.717, 1.165) is 15.6 Å². The van der Waals surface area contributed by atoms with Crippen LogP contribution >= 0.6 is 22.9 Å². The molecule has 24 heavy (non-hydrogen) atoms. The lowest BCUT2D eigenvalue weighted by Gasteiger charge is -2.13. The first-order chi connectivity index (χ1) is 11.1. The van der Waals surface area contributed by atoms with Crippen molar-refractivity contribution in [2.45, 2.75) is 4.90 Å². The summed E-state index contributed by atoms with van der Waals surface area (Å²) < 4.78 is 25.4. The van der Waals surface area contributed by atoms with Crippen LogP contribution in [-0.4, -0.2) is 38.6 Å². The zero-order chi connectivity index (χ0) is 18.1. The minimum absolute atomic E-state index is 0.0246. The van der Waals surface area contributed by atoms with E-state index in [-0.39, 0.29) is 26.0 Å². The molecule has 10 heteroatoms. The van der Waals surface area contributed by atoms with Gasteiger partial charge in [-0.2, -0.15) is 0 Å². The van der Waals surface area contributed by atoms with Gasteiger partial charge in [0, 0.05) is 14.1 Å². The van der Waals surface area contributed by atoms with Gasteiger partial charge in [0.1, 0.15) is 5.00 Å². The largest absolute Gasteiger partial charge is 0.366 e. The van der Waals surface area contributed by atoms with Gasteiger partial charge >= 0.3 is 0 Å². The minimum atomic E-state index is -3.71. The molecule has 0 radical (unpaired) electrons. The van der Waals surface area contributed by atoms with Crippen molar-refractivity contribution in [2.24, 2.45) is 5.73 Å². The Bertz CT molecular complexity index is 906. The second kappa shape index (κ2) is 6.89. The Hall–Kier alpha value is -1.94.